The first-order valence-corrected chi connectivity index (χ1v) is 8.29. The van der Waals surface area contributed by atoms with Crippen molar-refractivity contribution >= 4 is 11.9 Å². The molecular weight excluding hydrogens is 294 g/mol. The number of carboxylic acid groups (broad SMARTS) is 1. The second-order valence-corrected chi connectivity index (χ2v) is 6.74. The van der Waals surface area contributed by atoms with Gasteiger partial charge in [-0.15, -0.1) is 0 Å². The third-order valence-electron chi connectivity index (χ3n) is 4.79. The number of amides is 1. The number of carbonyl (C=O) groups excluding carboxylic acids is 1. The van der Waals surface area contributed by atoms with E-state index in [0.717, 1.165) is 12.4 Å². The SMILES string of the molecule is CC1CN(C(=O)c2ccc(OCC3CC3)cc2)CCC1C(=O)O. The Hall–Kier alpha value is -2.04. The van der Waals surface area contributed by atoms with Crippen molar-refractivity contribution in [2.45, 2.75) is 26.2 Å². The zero-order valence-corrected chi connectivity index (χ0v) is 13.4. The Morgan fingerprint density at radius 2 is 1.91 bits per heavy atom. The highest BCUT2D eigenvalue weighted by Gasteiger charge is 2.33. The van der Waals surface area contributed by atoms with Gasteiger partial charge in [-0.3, -0.25) is 9.59 Å². The molecule has 0 spiro atoms. The third-order valence-corrected chi connectivity index (χ3v) is 4.79. The summed E-state index contributed by atoms with van der Waals surface area (Å²) in [7, 11) is 0. The molecule has 1 N–H and O–H groups in total. The maximum Gasteiger partial charge on any atom is 0.306 e. The van der Waals surface area contributed by atoms with Crippen molar-refractivity contribution < 1.29 is 19.4 Å². The molecule has 1 saturated carbocycles. The first-order valence-electron chi connectivity index (χ1n) is 8.29. The molecule has 0 aromatic heterocycles. The summed E-state index contributed by atoms with van der Waals surface area (Å²) >= 11 is 0. The van der Waals surface area contributed by atoms with Crippen molar-refractivity contribution in [3.63, 3.8) is 0 Å². The van der Waals surface area contributed by atoms with E-state index in [0.29, 0.717) is 31.0 Å². The highest BCUT2D eigenvalue weighted by molar-refractivity contribution is 5.94. The molecule has 2 aliphatic rings. The van der Waals surface area contributed by atoms with E-state index in [1.165, 1.54) is 12.8 Å². The number of carboxylic acids is 1. The molecule has 2 fully saturated rings. The largest absolute Gasteiger partial charge is 0.493 e. The molecular formula is C18H23NO4. The van der Waals surface area contributed by atoms with Crippen LogP contribution in [0.25, 0.3) is 0 Å². The maximum atomic E-state index is 12.5. The average Bonchev–Trinajstić information content (AvgIpc) is 3.36. The van der Waals surface area contributed by atoms with Crippen LogP contribution >= 0.6 is 0 Å². The van der Waals surface area contributed by atoms with Crippen molar-refractivity contribution in [1.29, 1.82) is 0 Å². The van der Waals surface area contributed by atoms with Crippen LogP contribution in [0.1, 0.15) is 36.5 Å². The molecule has 5 heteroatoms. The number of ether oxygens (including phenoxy) is 1. The fourth-order valence-corrected chi connectivity index (χ4v) is 3.07. The van der Waals surface area contributed by atoms with E-state index in [-0.39, 0.29) is 17.7 Å². The van der Waals surface area contributed by atoms with Crippen LogP contribution in [0.4, 0.5) is 0 Å². The Morgan fingerprint density at radius 3 is 2.48 bits per heavy atom. The monoisotopic (exact) mass is 317 g/mol. The minimum Gasteiger partial charge on any atom is -0.493 e. The zero-order chi connectivity index (χ0) is 16.4. The van der Waals surface area contributed by atoms with Gasteiger partial charge < -0.3 is 14.7 Å². The quantitative estimate of drug-likeness (QED) is 0.906. The van der Waals surface area contributed by atoms with Gasteiger partial charge >= 0.3 is 5.97 Å². The topological polar surface area (TPSA) is 66.8 Å². The van der Waals surface area contributed by atoms with Gasteiger partial charge in [-0.2, -0.15) is 0 Å². The lowest BCUT2D eigenvalue weighted by molar-refractivity contribution is -0.145. The van der Waals surface area contributed by atoms with Crippen LogP contribution in [-0.4, -0.2) is 41.6 Å². The maximum absolute atomic E-state index is 12.5. The van der Waals surface area contributed by atoms with Crippen LogP contribution in [0.5, 0.6) is 5.75 Å². The Labute approximate surface area is 136 Å². The molecule has 1 aromatic carbocycles. The van der Waals surface area contributed by atoms with Crippen LogP contribution < -0.4 is 4.74 Å². The number of piperidine rings is 1. The standard InChI is InChI=1S/C18H23NO4/c1-12-10-19(9-8-16(12)18(21)22)17(20)14-4-6-15(7-5-14)23-11-13-2-3-13/h4-7,12-13,16H,2-3,8-11H2,1H3,(H,21,22). The van der Waals surface area contributed by atoms with E-state index in [1.807, 2.05) is 19.1 Å². The van der Waals surface area contributed by atoms with Gasteiger partial charge in [0.15, 0.2) is 0 Å². The first kappa shape index (κ1) is 15.8. The normalized spacial score (nSPS) is 24.3. The number of rotatable bonds is 5. The van der Waals surface area contributed by atoms with Crippen LogP contribution in [0.15, 0.2) is 24.3 Å². The minimum atomic E-state index is -0.762. The molecule has 2 atom stereocenters. The van der Waals surface area contributed by atoms with Crippen LogP contribution in [0.2, 0.25) is 0 Å². The van der Waals surface area contributed by atoms with Crippen LogP contribution in [-0.2, 0) is 4.79 Å². The molecule has 0 radical (unpaired) electrons. The summed E-state index contributed by atoms with van der Waals surface area (Å²) < 4.78 is 5.68. The summed E-state index contributed by atoms with van der Waals surface area (Å²) in [5, 5.41) is 9.16. The zero-order valence-electron chi connectivity index (χ0n) is 13.4. The Morgan fingerprint density at radius 1 is 1.22 bits per heavy atom. The second kappa shape index (κ2) is 6.60. The van der Waals surface area contributed by atoms with Gasteiger partial charge in [-0.05, 0) is 55.4 Å². The number of likely N-dealkylation sites (tertiary alicyclic amines) is 1. The molecule has 1 aromatic rings. The number of hydrogen-bond donors (Lipinski definition) is 1. The fourth-order valence-electron chi connectivity index (χ4n) is 3.07. The first-order chi connectivity index (χ1) is 11.0. The number of hydrogen-bond acceptors (Lipinski definition) is 3. The van der Waals surface area contributed by atoms with Crippen LogP contribution in [0, 0.1) is 17.8 Å². The molecule has 0 bridgehead atoms. The van der Waals surface area contributed by atoms with Crippen molar-refractivity contribution in [3.8, 4) is 5.75 Å². The van der Waals surface area contributed by atoms with Gasteiger partial charge in [0.1, 0.15) is 5.75 Å². The minimum absolute atomic E-state index is 0.0219. The summed E-state index contributed by atoms with van der Waals surface area (Å²) in [5.41, 5.74) is 0.629. The van der Waals surface area contributed by atoms with Gasteiger partial charge in [0.25, 0.3) is 5.91 Å². The van der Waals surface area contributed by atoms with Crippen molar-refractivity contribution in [2.24, 2.45) is 17.8 Å². The van der Waals surface area contributed by atoms with E-state index in [2.05, 4.69) is 0 Å². The molecule has 23 heavy (non-hydrogen) atoms. The van der Waals surface area contributed by atoms with E-state index in [4.69, 9.17) is 9.84 Å². The molecule has 1 saturated heterocycles. The molecule has 1 heterocycles. The van der Waals surface area contributed by atoms with E-state index >= 15 is 0 Å². The average molecular weight is 317 g/mol. The predicted octanol–water partition coefficient (Wildman–Crippen LogP) is 2.66. The van der Waals surface area contributed by atoms with Gasteiger partial charge in [-0.25, -0.2) is 0 Å². The van der Waals surface area contributed by atoms with Gasteiger partial charge in [-0.1, -0.05) is 6.92 Å². The van der Waals surface area contributed by atoms with Gasteiger partial charge in [0.05, 0.1) is 12.5 Å². The number of carbonyl (C=O) groups is 2. The molecule has 124 valence electrons. The number of benzene rings is 1. The summed E-state index contributed by atoms with van der Waals surface area (Å²) in [6.07, 6.45) is 3.02. The molecule has 1 amide bonds. The number of nitrogens with zero attached hydrogens (tertiary/aromatic N) is 1. The predicted molar refractivity (Wildman–Crippen MR) is 85.5 cm³/mol. The fraction of sp³-hybridized carbons (Fsp3) is 0.556. The van der Waals surface area contributed by atoms with Crippen molar-refractivity contribution in [2.75, 3.05) is 19.7 Å². The Balaban J connectivity index is 1.58. The highest BCUT2D eigenvalue weighted by atomic mass is 16.5. The summed E-state index contributed by atoms with van der Waals surface area (Å²) in [6, 6.07) is 7.25. The van der Waals surface area contributed by atoms with Gasteiger partial charge in [0.2, 0.25) is 0 Å². The molecule has 1 aliphatic heterocycles. The van der Waals surface area contributed by atoms with Gasteiger partial charge in [0, 0.05) is 18.7 Å². The molecule has 5 nitrogen and oxygen atoms in total. The summed E-state index contributed by atoms with van der Waals surface area (Å²) in [5.74, 6) is 0.333. The summed E-state index contributed by atoms with van der Waals surface area (Å²) in [6.45, 7) is 3.65. The molecule has 3 rings (SSSR count). The van der Waals surface area contributed by atoms with E-state index in [1.54, 1.807) is 17.0 Å². The Bertz CT molecular complexity index is 579. The second-order valence-electron chi connectivity index (χ2n) is 6.74. The Kier molecular flexibility index (Phi) is 4.55. The summed E-state index contributed by atoms with van der Waals surface area (Å²) in [4.78, 5) is 25.4. The smallest absolute Gasteiger partial charge is 0.306 e. The molecule has 2 unspecified atom stereocenters. The van der Waals surface area contributed by atoms with Crippen LogP contribution in [0.3, 0.4) is 0 Å². The lowest BCUT2D eigenvalue weighted by Gasteiger charge is -2.35. The van der Waals surface area contributed by atoms with Crippen molar-refractivity contribution in [1.82, 2.24) is 4.90 Å². The third kappa shape index (κ3) is 3.84. The number of aliphatic carboxylic acids is 1. The lowest BCUT2D eigenvalue weighted by Crippen LogP contribution is -2.44. The van der Waals surface area contributed by atoms with Crippen molar-refractivity contribution in [3.05, 3.63) is 29.8 Å². The molecule has 1 aliphatic carbocycles. The lowest BCUT2D eigenvalue weighted by atomic mass is 9.87. The van der Waals surface area contributed by atoms with E-state index < -0.39 is 5.97 Å². The van der Waals surface area contributed by atoms with E-state index in [9.17, 15) is 9.59 Å². The highest BCUT2D eigenvalue weighted by Crippen LogP contribution is 2.30.